The van der Waals surface area contributed by atoms with Crippen molar-refractivity contribution in [2.45, 2.75) is 43.9 Å². The van der Waals surface area contributed by atoms with Crippen LogP contribution < -0.4 is 10.5 Å². The topological polar surface area (TPSA) is 72.2 Å². The summed E-state index contributed by atoms with van der Waals surface area (Å²) in [7, 11) is -3.38. The van der Waals surface area contributed by atoms with Crippen molar-refractivity contribution in [3.8, 4) is 0 Å². The minimum absolute atomic E-state index is 0.0376. The zero-order valence-corrected chi connectivity index (χ0v) is 11.0. The van der Waals surface area contributed by atoms with Gasteiger partial charge >= 0.3 is 0 Å². The second kappa shape index (κ2) is 4.23. The third kappa shape index (κ3) is 2.24. The van der Waals surface area contributed by atoms with Crippen LogP contribution in [-0.2, 0) is 10.0 Å². The number of hydrogen-bond acceptors (Lipinski definition) is 3. The quantitative estimate of drug-likeness (QED) is 0.734. The molecule has 0 heterocycles. The molecule has 0 radical (unpaired) electrons. The van der Waals surface area contributed by atoms with Gasteiger partial charge in [-0.1, -0.05) is 18.6 Å². The first-order chi connectivity index (χ1) is 7.40. The number of hydrogen-bond donors (Lipinski definition) is 2. The highest BCUT2D eigenvalue weighted by Gasteiger charge is 2.42. The van der Waals surface area contributed by atoms with E-state index in [1.807, 2.05) is 0 Å². The zero-order chi connectivity index (χ0) is 11.9. The molecule has 0 aromatic carbocycles. The van der Waals surface area contributed by atoms with Gasteiger partial charge in [0.05, 0.1) is 4.99 Å². The van der Waals surface area contributed by atoms with Crippen molar-refractivity contribution in [1.29, 1.82) is 0 Å². The van der Waals surface area contributed by atoms with Gasteiger partial charge in [0.25, 0.3) is 0 Å². The fraction of sp³-hybridized carbons (Fsp3) is 0.900. The Morgan fingerprint density at radius 3 is 2.56 bits per heavy atom. The van der Waals surface area contributed by atoms with Crippen molar-refractivity contribution < 1.29 is 8.42 Å². The van der Waals surface area contributed by atoms with Crippen LogP contribution in [0.1, 0.15) is 32.6 Å². The highest BCUT2D eigenvalue weighted by Crippen LogP contribution is 2.44. The van der Waals surface area contributed by atoms with Crippen LogP contribution >= 0.6 is 12.2 Å². The maximum Gasteiger partial charge on any atom is 0.220 e. The third-order valence-corrected chi connectivity index (χ3v) is 6.24. The monoisotopic (exact) mass is 262 g/mol. The van der Waals surface area contributed by atoms with E-state index in [1.54, 1.807) is 0 Å². The highest BCUT2D eigenvalue weighted by molar-refractivity contribution is 7.93. The van der Waals surface area contributed by atoms with E-state index in [4.69, 9.17) is 18.0 Å². The first kappa shape index (κ1) is 12.3. The van der Waals surface area contributed by atoms with Crippen LogP contribution in [-0.4, -0.2) is 24.7 Å². The van der Waals surface area contributed by atoms with Crippen molar-refractivity contribution in [2.24, 2.45) is 17.6 Å². The number of rotatable bonds is 4. The number of nitrogens with one attached hydrogen (secondary N) is 1. The van der Waals surface area contributed by atoms with Gasteiger partial charge in [0.2, 0.25) is 10.0 Å². The molecule has 2 fully saturated rings. The average Bonchev–Trinajstić information content (AvgIpc) is 2.77. The molecule has 2 aliphatic rings. The Bertz CT molecular complexity index is 394. The van der Waals surface area contributed by atoms with Crippen molar-refractivity contribution in [2.75, 3.05) is 0 Å². The van der Waals surface area contributed by atoms with Crippen molar-refractivity contribution in [3.63, 3.8) is 0 Å². The van der Waals surface area contributed by atoms with Gasteiger partial charge in [-0.25, -0.2) is 13.1 Å². The average molecular weight is 262 g/mol. The van der Waals surface area contributed by atoms with Gasteiger partial charge in [0, 0.05) is 6.04 Å². The zero-order valence-electron chi connectivity index (χ0n) is 9.35. The fourth-order valence-electron chi connectivity index (χ4n) is 2.86. The van der Waals surface area contributed by atoms with Gasteiger partial charge in [0.1, 0.15) is 5.25 Å². The number of sulfonamides is 1. The Hall–Kier alpha value is -0.200. The van der Waals surface area contributed by atoms with Crippen LogP contribution in [0.25, 0.3) is 0 Å². The lowest BCUT2D eigenvalue weighted by molar-refractivity contribution is 0.390. The lowest BCUT2D eigenvalue weighted by Crippen LogP contribution is -2.46. The third-order valence-electron chi connectivity index (χ3n) is 3.92. The molecule has 16 heavy (non-hydrogen) atoms. The molecule has 4 nitrogen and oxygen atoms in total. The molecule has 4 atom stereocenters. The molecule has 2 aliphatic carbocycles. The highest BCUT2D eigenvalue weighted by atomic mass is 32.2. The molecule has 0 saturated heterocycles. The van der Waals surface area contributed by atoms with E-state index in [2.05, 4.69) is 4.72 Å². The minimum Gasteiger partial charge on any atom is -0.392 e. The summed E-state index contributed by atoms with van der Waals surface area (Å²) in [5, 5.41) is -0.776. The molecule has 0 aromatic rings. The molecule has 2 bridgehead atoms. The van der Waals surface area contributed by atoms with Gasteiger partial charge in [0.15, 0.2) is 0 Å². The van der Waals surface area contributed by atoms with Crippen LogP contribution in [0.4, 0.5) is 0 Å². The van der Waals surface area contributed by atoms with Crippen LogP contribution in [0.3, 0.4) is 0 Å². The van der Waals surface area contributed by atoms with Crippen LogP contribution in [0, 0.1) is 11.8 Å². The maximum atomic E-state index is 11.9. The Morgan fingerprint density at radius 1 is 1.44 bits per heavy atom. The van der Waals surface area contributed by atoms with E-state index in [9.17, 15) is 8.42 Å². The summed E-state index contributed by atoms with van der Waals surface area (Å²) >= 11 is 4.73. The Kier molecular flexibility index (Phi) is 3.25. The first-order valence-corrected chi connectivity index (χ1v) is 7.66. The summed E-state index contributed by atoms with van der Waals surface area (Å²) in [6.45, 7) is 1.54. The van der Waals surface area contributed by atoms with E-state index < -0.39 is 15.3 Å². The lowest BCUT2D eigenvalue weighted by atomic mass is 9.96. The summed E-state index contributed by atoms with van der Waals surface area (Å²) in [6, 6.07) is 0.112. The Labute approximate surface area is 102 Å². The van der Waals surface area contributed by atoms with Gasteiger partial charge in [-0.05, 0) is 38.0 Å². The molecular weight excluding hydrogens is 244 g/mol. The van der Waals surface area contributed by atoms with Crippen LogP contribution in [0.2, 0.25) is 0 Å². The summed E-state index contributed by atoms with van der Waals surface area (Å²) in [5.74, 6) is 1.25. The molecule has 0 spiro atoms. The molecular formula is C10H18N2O2S2. The van der Waals surface area contributed by atoms with Crippen molar-refractivity contribution in [1.82, 2.24) is 4.72 Å². The fourth-order valence-corrected chi connectivity index (χ4v) is 4.46. The summed E-state index contributed by atoms with van der Waals surface area (Å²) < 4.78 is 26.6. The van der Waals surface area contributed by atoms with Gasteiger partial charge < -0.3 is 5.73 Å². The van der Waals surface area contributed by atoms with E-state index in [-0.39, 0.29) is 11.0 Å². The molecule has 3 N–H and O–H groups in total. The number of thiocarbonyl (C=S) groups is 1. The van der Waals surface area contributed by atoms with Gasteiger partial charge in [-0.15, -0.1) is 0 Å². The van der Waals surface area contributed by atoms with Crippen LogP contribution in [0.15, 0.2) is 0 Å². The lowest BCUT2D eigenvalue weighted by Gasteiger charge is -2.24. The van der Waals surface area contributed by atoms with Crippen molar-refractivity contribution >= 4 is 27.2 Å². The predicted molar refractivity (Wildman–Crippen MR) is 67.5 cm³/mol. The SMILES string of the molecule is CC(C(N)=S)S(=O)(=O)NC1CC2CCC1C2. The first-order valence-electron chi connectivity index (χ1n) is 5.70. The predicted octanol–water partition coefficient (Wildman–Crippen LogP) is 0.769. The molecule has 4 unspecified atom stereocenters. The van der Waals surface area contributed by atoms with Crippen molar-refractivity contribution in [3.05, 3.63) is 0 Å². The smallest absolute Gasteiger partial charge is 0.220 e. The maximum absolute atomic E-state index is 11.9. The van der Waals surface area contributed by atoms with E-state index in [0.29, 0.717) is 5.92 Å². The molecule has 6 heteroatoms. The van der Waals surface area contributed by atoms with E-state index >= 15 is 0 Å². The number of fused-ring (bicyclic) bond motifs is 2. The normalized spacial score (nSPS) is 35.2. The molecule has 0 aromatic heterocycles. The Morgan fingerprint density at radius 2 is 2.12 bits per heavy atom. The van der Waals surface area contributed by atoms with Crippen LogP contribution in [0.5, 0.6) is 0 Å². The van der Waals surface area contributed by atoms with E-state index in [0.717, 1.165) is 18.8 Å². The van der Waals surface area contributed by atoms with Gasteiger partial charge in [-0.2, -0.15) is 0 Å². The Balaban J connectivity index is 2.02. The summed E-state index contributed by atoms with van der Waals surface area (Å²) in [4.78, 5) is 0.0376. The molecule has 2 saturated carbocycles. The summed E-state index contributed by atoms with van der Waals surface area (Å²) in [6.07, 6.45) is 4.57. The van der Waals surface area contributed by atoms with E-state index in [1.165, 1.54) is 19.8 Å². The largest absolute Gasteiger partial charge is 0.392 e. The summed E-state index contributed by atoms with van der Waals surface area (Å²) in [5.41, 5.74) is 5.38. The van der Waals surface area contributed by atoms with Gasteiger partial charge in [-0.3, -0.25) is 0 Å². The molecule has 2 rings (SSSR count). The second-order valence-electron chi connectivity index (χ2n) is 4.99. The molecule has 0 aliphatic heterocycles. The molecule has 92 valence electrons. The molecule has 0 amide bonds. The standard InChI is InChI=1S/C10H18N2O2S2/c1-6(10(11)15)16(13,14)12-9-5-7-2-3-8(9)4-7/h6-9,12H,2-5H2,1H3,(H2,11,15). The minimum atomic E-state index is -3.38. The second-order valence-corrected chi connectivity index (χ2v) is 7.49. The number of nitrogens with two attached hydrogens (primary N) is 1.